The highest BCUT2D eigenvalue weighted by Gasteiger charge is 2.17. The van der Waals surface area contributed by atoms with Gasteiger partial charge >= 0.3 is 0 Å². The molecule has 0 unspecified atom stereocenters. The molecule has 0 spiro atoms. The molecule has 0 radical (unpaired) electrons. The SMILES string of the molecule is CC[NH+](CC)CCn1c(O)c(N=Nc2nc3ccccc3s2)c2ccccc21. The number of thiazole rings is 1. The van der Waals surface area contributed by atoms with Gasteiger partial charge in [-0.1, -0.05) is 41.7 Å². The number of hydrogen-bond donors (Lipinski definition) is 2. The Hall–Kier alpha value is -2.77. The lowest BCUT2D eigenvalue weighted by Crippen LogP contribution is -3.11. The number of nitrogens with zero attached hydrogens (tertiary/aromatic N) is 4. The van der Waals surface area contributed by atoms with Crippen LogP contribution < -0.4 is 4.90 Å². The summed E-state index contributed by atoms with van der Waals surface area (Å²) in [6.45, 7) is 8.20. The van der Waals surface area contributed by atoms with E-state index in [2.05, 4.69) is 29.1 Å². The Morgan fingerprint density at radius 3 is 2.57 bits per heavy atom. The zero-order valence-corrected chi connectivity index (χ0v) is 16.9. The molecule has 6 nitrogen and oxygen atoms in total. The van der Waals surface area contributed by atoms with Gasteiger partial charge in [0.15, 0.2) is 5.69 Å². The summed E-state index contributed by atoms with van der Waals surface area (Å²) in [7, 11) is 0. The van der Waals surface area contributed by atoms with Crippen molar-refractivity contribution in [2.45, 2.75) is 20.4 Å². The van der Waals surface area contributed by atoms with Gasteiger partial charge in [0.2, 0.25) is 11.0 Å². The van der Waals surface area contributed by atoms with Gasteiger partial charge in [0.25, 0.3) is 0 Å². The Labute approximate surface area is 167 Å². The van der Waals surface area contributed by atoms with Crippen molar-refractivity contribution < 1.29 is 10.0 Å². The fourth-order valence-corrected chi connectivity index (χ4v) is 4.25. The minimum atomic E-state index is 0.164. The molecule has 2 aromatic carbocycles. The van der Waals surface area contributed by atoms with Crippen LogP contribution in [0.15, 0.2) is 58.8 Å². The first-order valence-corrected chi connectivity index (χ1v) is 10.4. The molecule has 144 valence electrons. The summed E-state index contributed by atoms with van der Waals surface area (Å²) in [5.41, 5.74) is 2.39. The number of fused-ring (bicyclic) bond motifs is 2. The summed E-state index contributed by atoms with van der Waals surface area (Å²) < 4.78 is 3.01. The summed E-state index contributed by atoms with van der Waals surface area (Å²) in [6.07, 6.45) is 0. The topological polar surface area (TPSA) is 67.2 Å². The van der Waals surface area contributed by atoms with Crippen LogP contribution in [0.4, 0.5) is 10.8 Å². The Kier molecular flexibility index (Phi) is 5.36. The van der Waals surface area contributed by atoms with Gasteiger partial charge in [-0.25, -0.2) is 4.98 Å². The van der Waals surface area contributed by atoms with Crippen molar-refractivity contribution in [3.8, 4) is 5.88 Å². The van der Waals surface area contributed by atoms with E-state index in [4.69, 9.17) is 0 Å². The van der Waals surface area contributed by atoms with Crippen molar-refractivity contribution in [2.75, 3.05) is 19.6 Å². The van der Waals surface area contributed by atoms with E-state index in [9.17, 15) is 5.11 Å². The molecule has 0 saturated heterocycles. The van der Waals surface area contributed by atoms with Crippen molar-refractivity contribution in [2.24, 2.45) is 10.2 Å². The van der Waals surface area contributed by atoms with E-state index in [1.807, 2.05) is 53.1 Å². The standard InChI is InChI=1S/C21H23N5OS/c1-3-25(4-2)13-14-26-17-11-7-5-9-15(17)19(20(26)27)23-24-21-22-16-10-6-8-12-18(16)28-21/h5-12,27H,3-4,13-14H2,1-2H3/p+1. The second kappa shape index (κ2) is 8.08. The molecule has 0 fully saturated rings. The highest BCUT2D eigenvalue weighted by atomic mass is 32.1. The van der Waals surface area contributed by atoms with E-state index >= 15 is 0 Å². The number of benzene rings is 2. The molecule has 0 atom stereocenters. The largest absolute Gasteiger partial charge is 0.493 e. The first-order chi connectivity index (χ1) is 13.7. The second-order valence-corrected chi connectivity index (χ2v) is 7.72. The van der Waals surface area contributed by atoms with Crippen LogP contribution in [0, 0.1) is 0 Å². The van der Waals surface area contributed by atoms with Crippen LogP contribution >= 0.6 is 11.3 Å². The third-order valence-corrected chi connectivity index (χ3v) is 6.05. The third-order valence-electron chi connectivity index (χ3n) is 5.12. The summed E-state index contributed by atoms with van der Waals surface area (Å²) in [6, 6.07) is 15.9. The highest BCUT2D eigenvalue weighted by Crippen LogP contribution is 2.39. The van der Waals surface area contributed by atoms with Crippen LogP contribution in [0.5, 0.6) is 5.88 Å². The minimum Gasteiger partial charge on any atom is -0.493 e. The lowest BCUT2D eigenvalue weighted by molar-refractivity contribution is -0.897. The van der Waals surface area contributed by atoms with Gasteiger partial charge in [-0.05, 0) is 32.0 Å². The van der Waals surface area contributed by atoms with Gasteiger partial charge in [0, 0.05) is 5.39 Å². The van der Waals surface area contributed by atoms with E-state index in [0.717, 1.165) is 47.3 Å². The van der Waals surface area contributed by atoms with Gasteiger partial charge < -0.3 is 14.6 Å². The molecule has 0 aliphatic heterocycles. The highest BCUT2D eigenvalue weighted by molar-refractivity contribution is 7.21. The Morgan fingerprint density at radius 1 is 1.04 bits per heavy atom. The first-order valence-electron chi connectivity index (χ1n) is 9.62. The zero-order valence-electron chi connectivity index (χ0n) is 16.1. The number of aromatic hydroxyl groups is 1. The van der Waals surface area contributed by atoms with E-state index in [-0.39, 0.29) is 5.88 Å². The predicted octanol–water partition coefficient (Wildman–Crippen LogP) is 4.30. The maximum absolute atomic E-state index is 10.9. The lowest BCUT2D eigenvalue weighted by atomic mass is 10.2. The zero-order chi connectivity index (χ0) is 19.5. The summed E-state index contributed by atoms with van der Waals surface area (Å²) in [5, 5.41) is 21.1. The van der Waals surface area contributed by atoms with Crippen molar-refractivity contribution >= 4 is 43.3 Å². The molecule has 2 heterocycles. The summed E-state index contributed by atoms with van der Waals surface area (Å²) in [4.78, 5) is 5.99. The maximum Gasteiger partial charge on any atom is 0.231 e. The average molecular weight is 395 g/mol. The van der Waals surface area contributed by atoms with E-state index in [0.29, 0.717) is 10.8 Å². The molecule has 7 heteroatoms. The molecular formula is C21H24N5OS+. The molecule has 4 rings (SSSR count). The molecule has 28 heavy (non-hydrogen) atoms. The van der Waals surface area contributed by atoms with Crippen LogP contribution in [0.3, 0.4) is 0 Å². The number of para-hydroxylation sites is 2. The molecular weight excluding hydrogens is 370 g/mol. The minimum absolute atomic E-state index is 0.164. The van der Waals surface area contributed by atoms with Gasteiger partial charge in [0.05, 0.1) is 41.9 Å². The molecule has 0 aliphatic carbocycles. The van der Waals surface area contributed by atoms with Crippen molar-refractivity contribution in [3.63, 3.8) is 0 Å². The molecule has 0 bridgehead atoms. The second-order valence-electron chi connectivity index (χ2n) is 6.71. The van der Waals surface area contributed by atoms with Gasteiger partial charge in [0.1, 0.15) is 0 Å². The fourth-order valence-electron chi connectivity index (χ4n) is 3.47. The number of likely N-dealkylation sites (N-methyl/N-ethyl adjacent to an activating group) is 1. The summed E-state index contributed by atoms with van der Waals surface area (Å²) >= 11 is 1.49. The monoisotopic (exact) mass is 394 g/mol. The molecule has 2 aromatic heterocycles. The molecule has 4 aromatic rings. The van der Waals surface area contributed by atoms with E-state index < -0.39 is 0 Å². The number of hydrogen-bond acceptors (Lipinski definition) is 5. The Bertz CT molecular complexity index is 1090. The number of azo groups is 1. The quantitative estimate of drug-likeness (QED) is 0.459. The number of aromatic nitrogens is 2. The van der Waals surface area contributed by atoms with Crippen molar-refractivity contribution in [1.29, 1.82) is 0 Å². The number of rotatable bonds is 7. The van der Waals surface area contributed by atoms with Gasteiger partial charge in [-0.2, -0.15) is 0 Å². The maximum atomic E-state index is 10.9. The van der Waals surface area contributed by atoms with Crippen molar-refractivity contribution in [1.82, 2.24) is 9.55 Å². The predicted molar refractivity (Wildman–Crippen MR) is 114 cm³/mol. The Morgan fingerprint density at radius 2 is 1.79 bits per heavy atom. The lowest BCUT2D eigenvalue weighted by Gasteiger charge is -2.16. The molecule has 0 aliphatic rings. The van der Waals surface area contributed by atoms with Crippen LogP contribution in [-0.2, 0) is 6.54 Å². The van der Waals surface area contributed by atoms with Crippen molar-refractivity contribution in [3.05, 3.63) is 48.5 Å². The van der Waals surface area contributed by atoms with Gasteiger partial charge in [-0.15, -0.1) is 10.2 Å². The Balaban J connectivity index is 1.69. The van der Waals surface area contributed by atoms with Crippen LogP contribution in [0.2, 0.25) is 0 Å². The first kappa shape index (κ1) is 18.6. The number of quaternary nitrogens is 1. The third kappa shape index (κ3) is 3.50. The van der Waals surface area contributed by atoms with Gasteiger partial charge in [-0.3, -0.25) is 0 Å². The molecule has 2 N–H and O–H groups in total. The van der Waals surface area contributed by atoms with Crippen LogP contribution in [-0.4, -0.2) is 34.3 Å². The van der Waals surface area contributed by atoms with E-state index in [1.165, 1.54) is 16.2 Å². The summed E-state index contributed by atoms with van der Waals surface area (Å²) in [5.74, 6) is 0.164. The van der Waals surface area contributed by atoms with Crippen LogP contribution in [0.25, 0.3) is 21.1 Å². The average Bonchev–Trinajstić information content (AvgIpc) is 3.25. The number of nitrogens with one attached hydrogen (secondary N) is 1. The normalized spacial score (nSPS) is 12.1. The molecule has 0 saturated carbocycles. The smallest absolute Gasteiger partial charge is 0.231 e. The molecule has 0 amide bonds. The van der Waals surface area contributed by atoms with E-state index in [1.54, 1.807) is 0 Å². The van der Waals surface area contributed by atoms with Crippen LogP contribution in [0.1, 0.15) is 13.8 Å². The fraction of sp³-hybridized carbons (Fsp3) is 0.286.